The lowest BCUT2D eigenvalue weighted by Crippen LogP contribution is -1.89. The van der Waals surface area contributed by atoms with Crippen LogP contribution in [0, 0.1) is 0 Å². The number of hydrogen-bond donors (Lipinski definition) is 0. The number of rotatable bonds is 4. The lowest BCUT2D eigenvalue weighted by atomic mass is 10.2. The first-order valence-corrected chi connectivity index (χ1v) is 5.91. The Kier molecular flexibility index (Phi) is 4.84. The third-order valence-electron chi connectivity index (χ3n) is 1.61. The third kappa shape index (κ3) is 3.68. The van der Waals surface area contributed by atoms with Gasteiger partial charge in [-0.1, -0.05) is 15.9 Å². The number of aromatic nitrogens is 1. The summed E-state index contributed by atoms with van der Waals surface area (Å²) in [6, 6.07) is 4.11. The van der Waals surface area contributed by atoms with Gasteiger partial charge in [0.05, 0.1) is 0 Å². The van der Waals surface area contributed by atoms with E-state index in [1.807, 2.05) is 12.3 Å². The Labute approximate surface area is 89.8 Å². The molecule has 0 aliphatic rings. The van der Waals surface area contributed by atoms with Gasteiger partial charge >= 0.3 is 0 Å². The van der Waals surface area contributed by atoms with Gasteiger partial charge in [-0.05, 0) is 47.3 Å². The first-order chi connectivity index (χ1) is 5.83. The van der Waals surface area contributed by atoms with Gasteiger partial charge in [-0.3, -0.25) is 4.98 Å². The van der Waals surface area contributed by atoms with E-state index < -0.39 is 0 Å². The molecule has 0 radical (unpaired) electrons. The molecule has 1 aromatic rings. The third-order valence-corrected chi connectivity index (χ3v) is 2.64. The van der Waals surface area contributed by atoms with E-state index in [-0.39, 0.29) is 0 Å². The molecule has 0 amide bonds. The average molecular weight is 293 g/mol. The van der Waals surface area contributed by atoms with Gasteiger partial charge in [0.25, 0.3) is 0 Å². The number of nitrogens with zero attached hydrogens (tertiary/aromatic N) is 1. The summed E-state index contributed by atoms with van der Waals surface area (Å²) in [4.78, 5) is 4.29. The minimum atomic E-state index is 1.05. The van der Waals surface area contributed by atoms with Crippen LogP contribution < -0.4 is 0 Å². The molecule has 0 N–H and O–H groups in total. The summed E-state index contributed by atoms with van der Waals surface area (Å²) in [5, 5.41) is 1.09. The molecule has 3 heteroatoms. The minimum Gasteiger partial charge on any atom is -0.260 e. The Morgan fingerprint density at radius 3 is 2.67 bits per heavy atom. The summed E-state index contributed by atoms with van der Waals surface area (Å²) in [7, 11) is 0. The van der Waals surface area contributed by atoms with Crippen molar-refractivity contribution in [3.63, 3.8) is 0 Å². The van der Waals surface area contributed by atoms with Crippen molar-refractivity contribution in [1.82, 2.24) is 4.98 Å². The van der Waals surface area contributed by atoms with Crippen molar-refractivity contribution < 1.29 is 0 Å². The first kappa shape index (κ1) is 10.2. The maximum absolute atomic E-state index is 4.29. The van der Waals surface area contributed by atoms with Crippen LogP contribution >= 0.6 is 31.9 Å². The standard InChI is InChI=1S/C9H11Br2N/c10-6-2-1-3-9-5-4-8(11)7-12-9/h4-5,7H,1-3,6H2. The summed E-state index contributed by atoms with van der Waals surface area (Å²) in [5.74, 6) is 0. The maximum Gasteiger partial charge on any atom is 0.0413 e. The first-order valence-electron chi connectivity index (χ1n) is 3.99. The van der Waals surface area contributed by atoms with Crippen molar-refractivity contribution in [2.75, 3.05) is 5.33 Å². The fourth-order valence-electron chi connectivity index (χ4n) is 0.955. The second-order valence-corrected chi connectivity index (χ2v) is 4.32. The fourth-order valence-corrected chi connectivity index (χ4v) is 1.59. The summed E-state index contributed by atoms with van der Waals surface area (Å²) in [6.07, 6.45) is 5.36. The Morgan fingerprint density at radius 1 is 1.25 bits per heavy atom. The quantitative estimate of drug-likeness (QED) is 0.611. The molecule has 1 aromatic heterocycles. The number of alkyl halides is 1. The summed E-state index contributed by atoms with van der Waals surface area (Å²) in [5.41, 5.74) is 1.18. The topological polar surface area (TPSA) is 12.9 Å². The molecule has 0 atom stereocenters. The van der Waals surface area contributed by atoms with Crippen LogP contribution in [0.1, 0.15) is 18.5 Å². The predicted octanol–water partition coefficient (Wildman–Crippen LogP) is 3.56. The second-order valence-electron chi connectivity index (χ2n) is 2.61. The molecule has 0 saturated heterocycles. The van der Waals surface area contributed by atoms with Crippen LogP contribution in [0.25, 0.3) is 0 Å². The Bertz CT molecular complexity index is 220. The molecule has 0 bridgehead atoms. The normalized spacial score (nSPS) is 10.2. The van der Waals surface area contributed by atoms with Crippen molar-refractivity contribution in [2.24, 2.45) is 0 Å². The van der Waals surface area contributed by atoms with Crippen LogP contribution in [0.4, 0.5) is 0 Å². The molecular weight excluding hydrogens is 282 g/mol. The molecule has 0 saturated carbocycles. The fraction of sp³-hybridized carbons (Fsp3) is 0.444. The molecule has 1 heterocycles. The van der Waals surface area contributed by atoms with Gasteiger partial charge in [-0.25, -0.2) is 0 Å². The van der Waals surface area contributed by atoms with Crippen molar-refractivity contribution in [1.29, 1.82) is 0 Å². The van der Waals surface area contributed by atoms with E-state index in [0.717, 1.165) is 16.2 Å². The van der Waals surface area contributed by atoms with Gasteiger partial charge in [0, 0.05) is 21.7 Å². The monoisotopic (exact) mass is 291 g/mol. The number of aryl methyl sites for hydroxylation is 1. The van der Waals surface area contributed by atoms with Crippen LogP contribution in [0.15, 0.2) is 22.8 Å². The molecule has 0 aliphatic carbocycles. The molecular formula is C9H11Br2N. The lowest BCUT2D eigenvalue weighted by Gasteiger charge is -1.98. The molecule has 0 aliphatic heterocycles. The summed E-state index contributed by atoms with van der Waals surface area (Å²) in [6.45, 7) is 0. The zero-order chi connectivity index (χ0) is 8.81. The van der Waals surface area contributed by atoms with Crippen LogP contribution in [-0.2, 0) is 6.42 Å². The van der Waals surface area contributed by atoms with E-state index in [0.29, 0.717) is 0 Å². The highest BCUT2D eigenvalue weighted by molar-refractivity contribution is 9.10. The summed E-state index contributed by atoms with van der Waals surface area (Å²) < 4.78 is 1.05. The highest BCUT2D eigenvalue weighted by Crippen LogP contribution is 2.09. The highest BCUT2D eigenvalue weighted by atomic mass is 79.9. The number of hydrogen-bond acceptors (Lipinski definition) is 1. The van der Waals surface area contributed by atoms with Gasteiger partial charge in [0.1, 0.15) is 0 Å². The van der Waals surface area contributed by atoms with Crippen LogP contribution in [0.3, 0.4) is 0 Å². The van der Waals surface area contributed by atoms with E-state index in [1.54, 1.807) is 0 Å². The Hall–Kier alpha value is 0.110. The molecule has 1 nitrogen and oxygen atoms in total. The molecule has 0 spiro atoms. The largest absolute Gasteiger partial charge is 0.260 e. The minimum absolute atomic E-state index is 1.05. The SMILES string of the molecule is BrCCCCc1ccc(Br)cn1. The molecule has 0 unspecified atom stereocenters. The Morgan fingerprint density at radius 2 is 2.08 bits per heavy atom. The van der Waals surface area contributed by atoms with E-state index in [2.05, 4.69) is 42.9 Å². The van der Waals surface area contributed by atoms with E-state index >= 15 is 0 Å². The van der Waals surface area contributed by atoms with Gasteiger partial charge in [-0.15, -0.1) is 0 Å². The van der Waals surface area contributed by atoms with E-state index in [4.69, 9.17) is 0 Å². The molecule has 66 valence electrons. The molecule has 1 rings (SSSR count). The van der Waals surface area contributed by atoms with Gasteiger partial charge in [0.15, 0.2) is 0 Å². The van der Waals surface area contributed by atoms with Gasteiger partial charge in [0.2, 0.25) is 0 Å². The van der Waals surface area contributed by atoms with Crippen LogP contribution in [0.2, 0.25) is 0 Å². The van der Waals surface area contributed by atoms with E-state index in [1.165, 1.54) is 18.5 Å². The van der Waals surface area contributed by atoms with Gasteiger partial charge < -0.3 is 0 Å². The molecule has 0 aromatic carbocycles. The van der Waals surface area contributed by atoms with Crippen molar-refractivity contribution >= 4 is 31.9 Å². The smallest absolute Gasteiger partial charge is 0.0413 e. The predicted molar refractivity (Wildman–Crippen MR) is 58.7 cm³/mol. The van der Waals surface area contributed by atoms with Crippen molar-refractivity contribution in [2.45, 2.75) is 19.3 Å². The molecule has 0 fully saturated rings. The van der Waals surface area contributed by atoms with E-state index in [9.17, 15) is 0 Å². The lowest BCUT2D eigenvalue weighted by molar-refractivity contribution is 0.786. The number of halogens is 2. The zero-order valence-electron chi connectivity index (χ0n) is 6.76. The number of unbranched alkanes of at least 4 members (excludes halogenated alkanes) is 1. The molecule has 12 heavy (non-hydrogen) atoms. The van der Waals surface area contributed by atoms with Crippen molar-refractivity contribution in [3.05, 3.63) is 28.5 Å². The highest BCUT2D eigenvalue weighted by Gasteiger charge is 1.93. The Balaban J connectivity index is 2.37. The van der Waals surface area contributed by atoms with Crippen LogP contribution in [-0.4, -0.2) is 10.3 Å². The van der Waals surface area contributed by atoms with Crippen molar-refractivity contribution in [3.8, 4) is 0 Å². The maximum atomic E-state index is 4.29. The van der Waals surface area contributed by atoms with Crippen LogP contribution in [0.5, 0.6) is 0 Å². The second kappa shape index (κ2) is 5.70. The summed E-state index contributed by atoms with van der Waals surface area (Å²) >= 11 is 6.76. The average Bonchev–Trinajstić information content (AvgIpc) is 2.09. The number of pyridine rings is 1. The zero-order valence-corrected chi connectivity index (χ0v) is 9.94. The van der Waals surface area contributed by atoms with Gasteiger partial charge in [-0.2, -0.15) is 0 Å².